The normalized spacial score (nSPS) is 46.5. The Kier molecular flexibility index (Phi) is 5.80. The van der Waals surface area contributed by atoms with E-state index in [0.717, 1.165) is 48.3 Å². The van der Waals surface area contributed by atoms with Crippen LogP contribution in [0, 0.1) is 46.3 Å². The van der Waals surface area contributed by atoms with Crippen LogP contribution in [0.3, 0.4) is 0 Å². The first-order valence-corrected chi connectivity index (χ1v) is 12.6. The molecule has 0 bridgehead atoms. The molecule has 4 rings (SSSR count). The molecule has 0 aromatic heterocycles. The third kappa shape index (κ3) is 3.42. The van der Waals surface area contributed by atoms with Crippen LogP contribution in [0.15, 0.2) is 11.6 Å². The van der Waals surface area contributed by atoms with Gasteiger partial charge in [-0.05, 0) is 97.7 Å². The molecule has 3 fully saturated rings. The summed E-state index contributed by atoms with van der Waals surface area (Å²) in [5.41, 5.74) is 2.60. The van der Waals surface area contributed by atoms with Crippen LogP contribution < -0.4 is 0 Å². The van der Waals surface area contributed by atoms with Crippen LogP contribution in [0.2, 0.25) is 0 Å². The molecule has 1 nitrogen and oxygen atoms in total. The van der Waals surface area contributed by atoms with E-state index in [1.165, 1.54) is 57.8 Å². The summed E-state index contributed by atoms with van der Waals surface area (Å²) in [6.45, 7) is 12.6. The second-order valence-corrected chi connectivity index (χ2v) is 12.2. The third-order valence-electron chi connectivity index (χ3n) is 10.3. The summed E-state index contributed by atoms with van der Waals surface area (Å²) in [5.74, 6) is 5.46. The number of fused-ring (bicyclic) bond motifs is 5. The molecule has 0 aromatic rings. The molecule has 0 unspecified atom stereocenters. The molecule has 1 heteroatoms. The molecule has 4 aliphatic rings. The quantitative estimate of drug-likeness (QED) is 0.488. The van der Waals surface area contributed by atoms with Crippen molar-refractivity contribution in [1.29, 1.82) is 0 Å². The Bertz CT molecular complexity index is 591. The van der Waals surface area contributed by atoms with Gasteiger partial charge < -0.3 is 5.11 Å². The minimum absolute atomic E-state index is 0.0766. The highest BCUT2D eigenvalue weighted by molar-refractivity contribution is 5.25. The molecular weight excluding hydrogens is 340 g/mol. The Morgan fingerprint density at radius 2 is 1.79 bits per heavy atom. The molecule has 1 N–H and O–H groups in total. The van der Waals surface area contributed by atoms with Crippen LogP contribution in [-0.4, -0.2) is 11.2 Å². The van der Waals surface area contributed by atoms with Crippen molar-refractivity contribution in [1.82, 2.24) is 0 Å². The van der Waals surface area contributed by atoms with Gasteiger partial charge in [-0.1, -0.05) is 65.5 Å². The molecular formula is C27H46O. The van der Waals surface area contributed by atoms with Crippen LogP contribution in [0.25, 0.3) is 0 Å². The lowest BCUT2D eigenvalue weighted by molar-refractivity contribution is -0.0573. The maximum absolute atomic E-state index is 10.2. The predicted octanol–water partition coefficient (Wildman–Crippen LogP) is 7.39. The van der Waals surface area contributed by atoms with Crippen molar-refractivity contribution < 1.29 is 5.11 Å². The van der Waals surface area contributed by atoms with Crippen molar-refractivity contribution in [2.75, 3.05) is 0 Å². The Hall–Kier alpha value is -0.300. The zero-order valence-electron chi connectivity index (χ0n) is 19.3. The SMILES string of the molecule is CC(C)CCC[C@@H](C)[C@@H]1CC[C@@H]2[C@H]3CC=C4C[C@@H](O)CC[C@]4(C)[C@H]3CC[C@@]21C. The van der Waals surface area contributed by atoms with E-state index >= 15 is 0 Å². The monoisotopic (exact) mass is 386 g/mol. The summed E-state index contributed by atoms with van der Waals surface area (Å²) < 4.78 is 0. The van der Waals surface area contributed by atoms with Gasteiger partial charge in [0, 0.05) is 0 Å². The maximum Gasteiger partial charge on any atom is 0.0577 e. The van der Waals surface area contributed by atoms with E-state index in [9.17, 15) is 5.11 Å². The minimum atomic E-state index is -0.0766. The number of hydrogen-bond acceptors (Lipinski definition) is 1. The second-order valence-electron chi connectivity index (χ2n) is 12.2. The summed E-state index contributed by atoms with van der Waals surface area (Å²) >= 11 is 0. The lowest BCUT2D eigenvalue weighted by Gasteiger charge is -2.58. The van der Waals surface area contributed by atoms with Crippen molar-refractivity contribution >= 4 is 0 Å². The van der Waals surface area contributed by atoms with Crippen LogP contribution in [0.5, 0.6) is 0 Å². The fourth-order valence-electron chi connectivity index (χ4n) is 8.67. The molecule has 0 spiro atoms. The highest BCUT2D eigenvalue weighted by Gasteiger charge is 2.59. The fourth-order valence-corrected chi connectivity index (χ4v) is 8.67. The van der Waals surface area contributed by atoms with Gasteiger partial charge in [-0.2, -0.15) is 0 Å². The zero-order valence-corrected chi connectivity index (χ0v) is 19.3. The predicted molar refractivity (Wildman–Crippen MR) is 119 cm³/mol. The molecule has 0 heterocycles. The number of aliphatic hydroxyl groups excluding tert-OH is 1. The van der Waals surface area contributed by atoms with Crippen molar-refractivity contribution in [3.8, 4) is 0 Å². The molecule has 0 aromatic carbocycles. The molecule has 3 saturated carbocycles. The zero-order chi connectivity index (χ0) is 20.1. The summed E-state index contributed by atoms with van der Waals surface area (Å²) in [6.07, 6.45) is 17.2. The van der Waals surface area contributed by atoms with Crippen LogP contribution >= 0.6 is 0 Å². The minimum Gasteiger partial charge on any atom is -0.393 e. The average molecular weight is 387 g/mol. The van der Waals surface area contributed by atoms with E-state index in [1.807, 2.05) is 0 Å². The molecule has 0 aliphatic heterocycles. The van der Waals surface area contributed by atoms with E-state index in [4.69, 9.17) is 0 Å². The van der Waals surface area contributed by atoms with Gasteiger partial charge in [-0.25, -0.2) is 0 Å². The van der Waals surface area contributed by atoms with Gasteiger partial charge in [0.05, 0.1) is 6.10 Å². The summed E-state index contributed by atoms with van der Waals surface area (Å²) in [4.78, 5) is 0. The summed E-state index contributed by atoms with van der Waals surface area (Å²) in [5, 5.41) is 10.2. The van der Waals surface area contributed by atoms with Crippen molar-refractivity contribution in [2.45, 2.75) is 111 Å². The molecule has 4 aliphatic carbocycles. The Morgan fingerprint density at radius 1 is 1.00 bits per heavy atom. The van der Waals surface area contributed by atoms with Gasteiger partial charge in [0.15, 0.2) is 0 Å². The van der Waals surface area contributed by atoms with Crippen molar-refractivity contribution in [3.63, 3.8) is 0 Å². The van der Waals surface area contributed by atoms with Crippen LogP contribution in [-0.2, 0) is 0 Å². The smallest absolute Gasteiger partial charge is 0.0577 e. The number of hydrogen-bond donors (Lipinski definition) is 1. The lowest BCUT2D eigenvalue weighted by atomic mass is 9.47. The second kappa shape index (κ2) is 7.75. The maximum atomic E-state index is 10.2. The average Bonchev–Trinajstić information content (AvgIpc) is 2.99. The van der Waals surface area contributed by atoms with Crippen molar-refractivity contribution in [3.05, 3.63) is 11.6 Å². The van der Waals surface area contributed by atoms with E-state index in [2.05, 4.69) is 40.7 Å². The Labute approximate surface area is 174 Å². The first-order chi connectivity index (χ1) is 13.3. The molecule has 160 valence electrons. The highest BCUT2D eigenvalue weighted by Crippen LogP contribution is 2.67. The van der Waals surface area contributed by atoms with Gasteiger partial charge in [0.1, 0.15) is 0 Å². The number of rotatable bonds is 5. The number of allylic oxidation sites excluding steroid dienone is 1. The van der Waals surface area contributed by atoms with E-state index in [0.29, 0.717) is 10.8 Å². The third-order valence-corrected chi connectivity index (χ3v) is 10.3. The largest absolute Gasteiger partial charge is 0.393 e. The molecule has 0 radical (unpaired) electrons. The molecule has 0 amide bonds. The molecule has 0 saturated heterocycles. The van der Waals surface area contributed by atoms with E-state index in [1.54, 1.807) is 5.57 Å². The highest BCUT2D eigenvalue weighted by atomic mass is 16.3. The van der Waals surface area contributed by atoms with Crippen LogP contribution in [0.1, 0.15) is 105 Å². The van der Waals surface area contributed by atoms with Gasteiger partial charge >= 0.3 is 0 Å². The van der Waals surface area contributed by atoms with Gasteiger partial charge in [0.2, 0.25) is 0 Å². The van der Waals surface area contributed by atoms with Crippen LogP contribution in [0.4, 0.5) is 0 Å². The van der Waals surface area contributed by atoms with E-state index in [-0.39, 0.29) is 6.10 Å². The molecule has 8 atom stereocenters. The fraction of sp³-hybridized carbons (Fsp3) is 0.926. The van der Waals surface area contributed by atoms with Gasteiger partial charge in [-0.15, -0.1) is 0 Å². The Morgan fingerprint density at radius 3 is 2.54 bits per heavy atom. The first-order valence-electron chi connectivity index (χ1n) is 12.6. The summed E-state index contributed by atoms with van der Waals surface area (Å²) in [7, 11) is 0. The first kappa shape index (κ1) is 21.0. The number of aliphatic hydroxyl groups is 1. The van der Waals surface area contributed by atoms with Gasteiger partial charge in [-0.3, -0.25) is 0 Å². The molecule has 28 heavy (non-hydrogen) atoms. The Balaban J connectivity index is 1.49. The van der Waals surface area contributed by atoms with Gasteiger partial charge in [0.25, 0.3) is 0 Å². The topological polar surface area (TPSA) is 20.2 Å². The lowest BCUT2D eigenvalue weighted by Crippen LogP contribution is -2.50. The summed E-state index contributed by atoms with van der Waals surface area (Å²) in [6, 6.07) is 0. The van der Waals surface area contributed by atoms with Crippen molar-refractivity contribution in [2.24, 2.45) is 46.3 Å². The standard InChI is InChI=1S/C27H46O/c1-18(2)7-6-8-19(3)23-11-12-24-22-10-9-20-17-21(28)13-15-26(20,4)25(22)14-16-27(23,24)5/h9,18-19,21-25,28H,6-8,10-17H2,1-5H3/t19-,21+,22-,23+,24-,25+,26+,27-/m1/s1. The van der Waals surface area contributed by atoms with E-state index < -0.39 is 0 Å².